The topological polar surface area (TPSA) is 46.5 Å². The molecule has 2 rings (SSSR count). The predicted octanol–water partition coefficient (Wildman–Crippen LogP) is 1.57. The molecule has 0 fully saturated rings. The first-order chi connectivity index (χ1) is 7.74. The zero-order valence-corrected chi connectivity index (χ0v) is 9.40. The number of aliphatic hydroxyl groups excluding tert-OH is 1. The summed E-state index contributed by atoms with van der Waals surface area (Å²) in [5.74, 6) is 0.0465. The van der Waals surface area contributed by atoms with Crippen molar-refractivity contribution in [2.24, 2.45) is 5.92 Å². The Morgan fingerprint density at radius 2 is 2.19 bits per heavy atom. The van der Waals surface area contributed by atoms with E-state index in [4.69, 9.17) is 9.84 Å². The summed E-state index contributed by atoms with van der Waals surface area (Å²) >= 11 is 0. The third-order valence-electron chi connectivity index (χ3n) is 2.99. The maximum atomic E-state index is 11.5. The van der Waals surface area contributed by atoms with Crippen molar-refractivity contribution in [1.82, 2.24) is 0 Å². The fourth-order valence-corrected chi connectivity index (χ4v) is 2.18. The summed E-state index contributed by atoms with van der Waals surface area (Å²) in [4.78, 5) is 11.5. The number of hydrogen-bond acceptors (Lipinski definition) is 3. The van der Waals surface area contributed by atoms with Crippen LogP contribution in [0.25, 0.3) is 0 Å². The molecule has 0 spiro atoms. The van der Waals surface area contributed by atoms with Gasteiger partial charge in [0.05, 0.1) is 12.2 Å². The van der Waals surface area contributed by atoms with Crippen LogP contribution in [0.2, 0.25) is 0 Å². The highest BCUT2D eigenvalue weighted by Gasteiger charge is 2.21. The Balaban J connectivity index is 2.19. The van der Waals surface area contributed by atoms with E-state index < -0.39 is 0 Å². The number of fused-ring (bicyclic) bond motifs is 1. The minimum absolute atomic E-state index is 0.212. The van der Waals surface area contributed by atoms with Gasteiger partial charge >= 0.3 is 5.97 Å². The molecule has 3 nitrogen and oxygen atoms in total. The molecular formula is C13H16O3. The molecule has 0 aromatic heterocycles. The molecule has 16 heavy (non-hydrogen) atoms. The van der Waals surface area contributed by atoms with E-state index in [0.29, 0.717) is 18.1 Å². The minimum atomic E-state index is -0.266. The average Bonchev–Trinajstić information content (AvgIpc) is 2.70. The third-order valence-corrected chi connectivity index (χ3v) is 2.99. The van der Waals surface area contributed by atoms with Crippen LogP contribution in [-0.4, -0.2) is 24.3 Å². The summed E-state index contributed by atoms with van der Waals surface area (Å²) in [5.41, 5.74) is 3.02. The molecule has 86 valence electrons. The second-order valence-corrected chi connectivity index (χ2v) is 4.16. The molecule has 0 bridgehead atoms. The third kappa shape index (κ3) is 2.09. The summed E-state index contributed by atoms with van der Waals surface area (Å²) in [6.07, 6.45) is 1.77. The van der Waals surface area contributed by atoms with Gasteiger partial charge < -0.3 is 9.84 Å². The standard InChI is InChI=1S/C13H16O3/c1-2-16-13(15)11-4-3-10-5-9(8-14)6-12(10)7-11/h3-4,7,9,14H,2,5-6,8H2,1H3/t9-/m0/s1. The van der Waals surface area contributed by atoms with Crippen LogP contribution >= 0.6 is 0 Å². The maximum absolute atomic E-state index is 11.5. The van der Waals surface area contributed by atoms with Gasteiger partial charge in [-0.25, -0.2) is 4.79 Å². The van der Waals surface area contributed by atoms with E-state index in [0.717, 1.165) is 12.8 Å². The van der Waals surface area contributed by atoms with Gasteiger partial charge in [0.25, 0.3) is 0 Å². The van der Waals surface area contributed by atoms with Crippen molar-refractivity contribution >= 4 is 5.97 Å². The van der Waals surface area contributed by atoms with E-state index in [1.807, 2.05) is 12.1 Å². The molecule has 3 heteroatoms. The van der Waals surface area contributed by atoms with Crippen molar-refractivity contribution in [2.75, 3.05) is 13.2 Å². The zero-order valence-electron chi connectivity index (χ0n) is 9.40. The lowest BCUT2D eigenvalue weighted by Crippen LogP contribution is -2.05. The zero-order chi connectivity index (χ0) is 11.5. The van der Waals surface area contributed by atoms with Crippen molar-refractivity contribution in [3.63, 3.8) is 0 Å². The first kappa shape index (κ1) is 11.1. The highest BCUT2D eigenvalue weighted by atomic mass is 16.5. The van der Waals surface area contributed by atoms with Crippen molar-refractivity contribution < 1.29 is 14.6 Å². The number of benzene rings is 1. The number of carbonyl (C=O) groups is 1. The summed E-state index contributed by atoms with van der Waals surface area (Å²) in [5, 5.41) is 9.11. The molecule has 1 atom stereocenters. The minimum Gasteiger partial charge on any atom is -0.462 e. The fourth-order valence-electron chi connectivity index (χ4n) is 2.18. The second kappa shape index (κ2) is 4.66. The van der Waals surface area contributed by atoms with Gasteiger partial charge in [0, 0.05) is 6.61 Å². The van der Waals surface area contributed by atoms with Crippen molar-refractivity contribution in [3.05, 3.63) is 34.9 Å². The normalized spacial score (nSPS) is 18.2. The molecule has 0 heterocycles. The summed E-state index contributed by atoms with van der Waals surface area (Å²) in [6.45, 7) is 2.41. The Labute approximate surface area is 95.0 Å². The van der Waals surface area contributed by atoms with Gasteiger partial charge in [0.2, 0.25) is 0 Å². The van der Waals surface area contributed by atoms with Crippen molar-refractivity contribution in [3.8, 4) is 0 Å². The van der Waals surface area contributed by atoms with Crippen LogP contribution < -0.4 is 0 Å². The van der Waals surface area contributed by atoms with Crippen LogP contribution in [-0.2, 0) is 17.6 Å². The van der Waals surface area contributed by atoms with Crippen LogP contribution in [0.3, 0.4) is 0 Å². The molecule has 1 aliphatic carbocycles. The molecule has 0 aliphatic heterocycles. The molecule has 0 amide bonds. The second-order valence-electron chi connectivity index (χ2n) is 4.16. The van der Waals surface area contributed by atoms with Crippen LogP contribution in [0.5, 0.6) is 0 Å². The fraction of sp³-hybridized carbons (Fsp3) is 0.462. The van der Waals surface area contributed by atoms with E-state index in [1.165, 1.54) is 11.1 Å². The molecule has 0 saturated carbocycles. The number of aliphatic hydroxyl groups is 1. The van der Waals surface area contributed by atoms with Gasteiger partial charge in [-0.3, -0.25) is 0 Å². The van der Waals surface area contributed by atoms with Crippen molar-refractivity contribution in [1.29, 1.82) is 0 Å². The van der Waals surface area contributed by atoms with Gasteiger partial charge in [0.15, 0.2) is 0 Å². The Bertz CT molecular complexity index is 398. The van der Waals surface area contributed by atoms with Crippen LogP contribution in [0.15, 0.2) is 18.2 Å². The lowest BCUT2D eigenvalue weighted by molar-refractivity contribution is 0.0526. The van der Waals surface area contributed by atoms with Gasteiger partial charge in [-0.15, -0.1) is 0 Å². The van der Waals surface area contributed by atoms with Gasteiger partial charge in [-0.2, -0.15) is 0 Å². The van der Waals surface area contributed by atoms with E-state index in [1.54, 1.807) is 13.0 Å². The SMILES string of the molecule is CCOC(=O)c1ccc2c(c1)C[C@@H](CO)C2. The highest BCUT2D eigenvalue weighted by Crippen LogP contribution is 2.27. The van der Waals surface area contributed by atoms with E-state index in [2.05, 4.69) is 0 Å². The van der Waals surface area contributed by atoms with Gasteiger partial charge in [-0.1, -0.05) is 6.07 Å². The van der Waals surface area contributed by atoms with Crippen LogP contribution in [0, 0.1) is 5.92 Å². The Hall–Kier alpha value is -1.35. The highest BCUT2D eigenvalue weighted by molar-refractivity contribution is 5.89. The van der Waals surface area contributed by atoms with E-state index >= 15 is 0 Å². The lowest BCUT2D eigenvalue weighted by atomic mass is 10.1. The molecule has 1 aromatic carbocycles. The monoisotopic (exact) mass is 220 g/mol. The summed E-state index contributed by atoms with van der Waals surface area (Å²) < 4.78 is 4.95. The van der Waals surface area contributed by atoms with Crippen molar-refractivity contribution in [2.45, 2.75) is 19.8 Å². The Morgan fingerprint density at radius 1 is 1.44 bits per heavy atom. The molecule has 0 radical (unpaired) electrons. The van der Waals surface area contributed by atoms with Gasteiger partial charge in [0.1, 0.15) is 0 Å². The number of ether oxygens (including phenoxy) is 1. The van der Waals surface area contributed by atoms with Crippen LogP contribution in [0.4, 0.5) is 0 Å². The number of hydrogen-bond donors (Lipinski definition) is 1. The molecular weight excluding hydrogens is 204 g/mol. The first-order valence-corrected chi connectivity index (χ1v) is 5.64. The quantitative estimate of drug-likeness (QED) is 0.786. The Morgan fingerprint density at radius 3 is 2.88 bits per heavy atom. The molecule has 0 unspecified atom stereocenters. The Kier molecular flexibility index (Phi) is 3.25. The largest absolute Gasteiger partial charge is 0.462 e. The van der Waals surface area contributed by atoms with E-state index in [9.17, 15) is 4.79 Å². The molecule has 1 aromatic rings. The number of rotatable bonds is 3. The smallest absolute Gasteiger partial charge is 0.338 e. The van der Waals surface area contributed by atoms with Crippen LogP contribution in [0.1, 0.15) is 28.4 Å². The van der Waals surface area contributed by atoms with E-state index in [-0.39, 0.29) is 12.6 Å². The molecule has 1 aliphatic rings. The number of esters is 1. The lowest BCUT2D eigenvalue weighted by Gasteiger charge is -2.04. The van der Waals surface area contributed by atoms with Gasteiger partial charge in [-0.05, 0) is 48.9 Å². The first-order valence-electron chi connectivity index (χ1n) is 5.64. The predicted molar refractivity (Wildman–Crippen MR) is 60.4 cm³/mol. The maximum Gasteiger partial charge on any atom is 0.338 e. The summed E-state index contributed by atoms with van der Waals surface area (Å²) in [6, 6.07) is 5.66. The summed E-state index contributed by atoms with van der Waals surface area (Å²) in [7, 11) is 0. The molecule has 1 N–H and O–H groups in total. The number of carbonyl (C=O) groups excluding carboxylic acids is 1. The molecule has 0 saturated heterocycles. The average molecular weight is 220 g/mol.